The van der Waals surface area contributed by atoms with Gasteiger partial charge in [0.15, 0.2) is 0 Å². The molecule has 3 heteroatoms. The molecule has 3 nitrogen and oxygen atoms in total. The summed E-state index contributed by atoms with van der Waals surface area (Å²) in [6.45, 7) is 9.52. The smallest absolute Gasteiger partial charge is 0.144 e. The molecule has 0 spiro atoms. The molecule has 0 amide bonds. The number of anilines is 2. The van der Waals surface area contributed by atoms with Crippen molar-refractivity contribution < 1.29 is 4.74 Å². The first-order valence-electron chi connectivity index (χ1n) is 6.92. The Morgan fingerprint density at radius 3 is 2.61 bits per heavy atom. The Morgan fingerprint density at radius 2 is 2.00 bits per heavy atom. The van der Waals surface area contributed by atoms with Crippen LogP contribution in [-0.2, 0) is 0 Å². The maximum absolute atomic E-state index is 5.85. The van der Waals surface area contributed by atoms with E-state index in [-0.39, 0.29) is 11.6 Å². The van der Waals surface area contributed by atoms with Crippen LogP contribution in [0.5, 0.6) is 5.75 Å². The van der Waals surface area contributed by atoms with Crippen molar-refractivity contribution in [1.29, 1.82) is 0 Å². The molecule has 0 atom stereocenters. The highest BCUT2D eigenvalue weighted by atomic mass is 16.5. The zero-order valence-electron chi connectivity index (χ0n) is 11.8. The van der Waals surface area contributed by atoms with Gasteiger partial charge in [0, 0.05) is 6.54 Å². The second-order valence-electron chi connectivity index (χ2n) is 5.31. The lowest BCUT2D eigenvalue weighted by Crippen LogP contribution is -2.46. The maximum atomic E-state index is 5.85. The van der Waals surface area contributed by atoms with Crippen molar-refractivity contribution in [3.8, 4) is 5.75 Å². The summed E-state index contributed by atoms with van der Waals surface area (Å²) in [6.07, 6.45) is 2.43. The molecule has 0 aliphatic carbocycles. The van der Waals surface area contributed by atoms with E-state index in [1.807, 2.05) is 12.1 Å². The van der Waals surface area contributed by atoms with E-state index in [1.54, 1.807) is 0 Å². The number of nitrogens with one attached hydrogen (secondary N) is 2. The predicted molar refractivity (Wildman–Crippen MR) is 77.6 cm³/mol. The van der Waals surface area contributed by atoms with Gasteiger partial charge in [-0.3, -0.25) is 0 Å². The summed E-state index contributed by atoms with van der Waals surface area (Å²) in [4.78, 5) is 0. The van der Waals surface area contributed by atoms with Crippen LogP contribution < -0.4 is 15.4 Å². The summed E-state index contributed by atoms with van der Waals surface area (Å²) in [7, 11) is 0. The fraction of sp³-hybridized carbons (Fsp3) is 0.600. The largest absolute Gasteiger partial charge is 0.489 e. The molecule has 2 N–H and O–H groups in total. The number of ether oxygens (including phenoxy) is 1. The minimum Gasteiger partial charge on any atom is -0.489 e. The molecule has 2 rings (SSSR count). The van der Waals surface area contributed by atoms with Crippen LogP contribution in [0.4, 0.5) is 11.4 Å². The minimum atomic E-state index is 0.170. The zero-order chi connectivity index (χ0) is 13.2. The van der Waals surface area contributed by atoms with Crippen LogP contribution in [0.15, 0.2) is 18.2 Å². The van der Waals surface area contributed by atoms with Crippen molar-refractivity contribution in [2.45, 2.75) is 52.2 Å². The number of rotatable bonds is 4. The van der Waals surface area contributed by atoms with Gasteiger partial charge in [0.1, 0.15) is 11.4 Å². The van der Waals surface area contributed by atoms with E-state index in [9.17, 15) is 0 Å². The van der Waals surface area contributed by atoms with Crippen LogP contribution >= 0.6 is 0 Å². The van der Waals surface area contributed by atoms with Crippen LogP contribution in [-0.4, -0.2) is 18.2 Å². The van der Waals surface area contributed by atoms with E-state index in [1.165, 1.54) is 0 Å². The fourth-order valence-corrected chi connectivity index (χ4v) is 2.43. The Labute approximate surface area is 110 Å². The number of para-hydroxylation sites is 1. The van der Waals surface area contributed by atoms with Gasteiger partial charge >= 0.3 is 0 Å². The highest BCUT2D eigenvalue weighted by molar-refractivity contribution is 5.78. The summed E-state index contributed by atoms with van der Waals surface area (Å²) in [5, 5.41) is 7.22. The fourth-order valence-electron chi connectivity index (χ4n) is 2.43. The molecule has 0 unspecified atom stereocenters. The molecule has 18 heavy (non-hydrogen) atoms. The van der Waals surface area contributed by atoms with Crippen LogP contribution in [0.1, 0.15) is 40.5 Å². The molecule has 0 bridgehead atoms. The number of hydrogen-bond acceptors (Lipinski definition) is 3. The van der Waals surface area contributed by atoms with Gasteiger partial charge in [-0.25, -0.2) is 0 Å². The predicted octanol–water partition coefficient (Wildman–Crippen LogP) is 3.87. The minimum absolute atomic E-state index is 0.170. The van der Waals surface area contributed by atoms with Crippen molar-refractivity contribution >= 4 is 11.4 Å². The van der Waals surface area contributed by atoms with Crippen molar-refractivity contribution in [3.05, 3.63) is 18.2 Å². The molecule has 1 aromatic rings. The van der Waals surface area contributed by atoms with E-state index in [0.717, 1.165) is 36.5 Å². The Balaban J connectivity index is 2.29. The van der Waals surface area contributed by atoms with Gasteiger partial charge in [0.05, 0.1) is 17.3 Å². The Morgan fingerprint density at radius 1 is 1.28 bits per heavy atom. The normalized spacial score (nSPS) is 16.7. The second kappa shape index (κ2) is 5.09. The lowest BCUT2D eigenvalue weighted by atomic mass is 9.90. The van der Waals surface area contributed by atoms with Gasteiger partial charge < -0.3 is 15.4 Å². The Bertz CT molecular complexity index is 411. The summed E-state index contributed by atoms with van der Waals surface area (Å²) < 4.78 is 5.85. The molecule has 1 heterocycles. The maximum Gasteiger partial charge on any atom is 0.144 e. The van der Waals surface area contributed by atoms with Crippen LogP contribution in [0.25, 0.3) is 0 Å². The summed E-state index contributed by atoms with van der Waals surface area (Å²) >= 11 is 0. The molecule has 0 radical (unpaired) electrons. The van der Waals surface area contributed by atoms with Crippen LogP contribution in [0.3, 0.4) is 0 Å². The molecule has 0 aromatic heterocycles. The average molecular weight is 248 g/mol. The van der Waals surface area contributed by atoms with Gasteiger partial charge in [-0.2, -0.15) is 0 Å². The van der Waals surface area contributed by atoms with Crippen LogP contribution in [0.2, 0.25) is 0 Å². The van der Waals surface area contributed by atoms with E-state index in [2.05, 4.69) is 44.4 Å². The molecular formula is C15H24N2O. The third-order valence-electron chi connectivity index (χ3n) is 3.75. The first-order chi connectivity index (χ1) is 8.60. The molecule has 1 aliphatic heterocycles. The first kappa shape index (κ1) is 13.1. The zero-order valence-corrected chi connectivity index (χ0v) is 11.8. The second-order valence-corrected chi connectivity index (χ2v) is 5.31. The van der Waals surface area contributed by atoms with E-state index < -0.39 is 0 Å². The first-order valence-corrected chi connectivity index (χ1v) is 6.92. The lowest BCUT2D eigenvalue weighted by Gasteiger charge is -2.40. The van der Waals surface area contributed by atoms with Crippen molar-refractivity contribution in [2.24, 2.45) is 0 Å². The van der Waals surface area contributed by atoms with Crippen molar-refractivity contribution in [3.63, 3.8) is 0 Å². The van der Waals surface area contributed by atoms with Gasteiger partial charge in [-0.15, -0.1) is 0 Å². The number of fused-ring (bicyclic) bond motifs is 1. The van der Waals surface area contributed by atoms with Crippen molar-refractivity contribution in [1.82, 2.24) is 0 Å². The third kappa shape index (κ3) is 2.40. The lowest BCUT2D eigenvalue weighted by molar-refractivity contribution is 0.243. The SMILES string of the molecule is CCC1(CC)CNc2c(cccc2OC(C)C)N1. The summed E-state index contributed by atoms with van der Waals surface area (Å²) in [5.74, 6) is 0.941. The Kier molecular flexibility index (Phi) is 3.69. The summed E-state index contributed by atoms with van der Waals surface area (Å²) in [6, 6.07) is 6.19. The highest BCUT2D eigenvalue weighted by Gasteiger charge is 2.31. The number of hydrogen-bond donors (Lipinski definition) is 2. The van der Waals surface area contributed by atoms with Gasteiger partial charge in [-0.1, -0.05) is 19.9 Å². The highest BCUT2D eigenvalue weighted by Crippen LogP contribution is 2.39. The van der Waals surface area contributed by atoms with Gasteiger partial charge in [0.2, 0.25) is 0 Å². The van der Waals surface area contributed by atoms with Gasteiger partial charge in [0.25, 0.3) is 0 Å². The van der Waals surface area contributed by atoms with E-state index >= 15 is 0 Å². The van der Waals surface area contributed by atoms with Crippen LogP contribution in [0, 0.1) is 0 Å². The van der Waals surface area contributed by atoms with E-state index in [0.29, 0.717) is 0 Å². The standard InChI is InChI=1S/C15H24N2O/c1-5-15(6-2)10-16-14-12(17-15)8-7-9-13(14)18-11(3)4/h7-9,11,16-17H,5-6,10H2,1-4H3. The topological polar surface area (TPSA) is 33.3 Å². The van der Waals surface area contributed by atoms with E-state index in [4.69, 9.17) is 4.74 Å². The molecule has 1 aromatic carbocycles. The average Bonchev–Trinajstić information content (AvgIpc) is 2.37. The monoisotopic (exact) mass is 248 g/mol. The van der Waals surface area contributed by atoms with Gasteiger partial charge in [-0.05, 0) is 38.8 Å². The molecule has 0 fully saturated rings. The molecule has 100 valence electrons. The van der Waals surface area contributed by atoms with Crippen molar-refractivity contribution in [2.75, 3.05) is 17.2 Å². The summed E-state index contributed by atoms with van der Waals surface area (Å²) in [5.41, 5.74) is 2.43. The quantitative estimate of drug-likeness (QED) is 0.848. The third-order valence-corrected chi connectivity index (χ3v) is 3.75. The number of benzene rings is 1. The molecule has 0 saturated carbocycles. The molecular weight excluding hydrogens is 224 g/mol. The molecule has 1 aliphatic rings. The Hall–Kier alpha value is -1.38. The molecule has 0 saturated heterocycles.